The number of halogens is 1. The van der Waals surface area contributed by atoms with Crippen molar-refractivity contribution >= 4 is 11.6 Å². The first-order chi connectivity index (χ1) is 5.68. The number of hydrogen-bond acceptors (Lipinski definition) is 0. The van der Waals surface area contributed by atoms with E-state index in [1.807, 2.05) is 20.8 Å². The zero-order valence-electron chi connectivity index (χ0n) is 9.78. The molecule has 13 heavy (non-hydrogen) atoms. The molecular formula is C12H31Cl. The van der Waals surface area contributed by atoms with E-state index in [1.165, 1.54) is 19.3 Å². The van der Waals surface area contributed by atoms with Crippen LogP contribution in [0.1, 0.15) is 74.7 Å². The Kier molecular flexibility index (Phi) is 52.7. The molecule has 1 heteroatoms. The SMILES string of the molecule is C.CC.CCCC.CCCC(C)Cl. The van der Waals surface area contributed by atoms with Crippen molar-refractivity contribution in [2.75, 3.05) is 0 Å². The van der Waals surface area contributed by atoms with Crippen LogP contribution in [0.2, 0.25) is 0 Å². The van der Waals surface area contributed by atoms with Crippen LogP contribution in [0.15, 0.2) is 0 Å². The van der Waals surface area contributed by atoms with Gasteiger partial charge in [0.2, 0.25) is 0 Å². The van der Waals surface area contributed by atoms with Crippen LogP contribution >= 0.6 is 11.6 Å². The van der Waals surface area contributed by atoms with Crippen molar-refractivity contribution in [3.05, 3.63) is 0 Å². The lowest BCUT2D eigenvalue weighted by Crippen LogP contribution is -1.85. The Labute approximate surface area is 92.1 Å². The third-order valence-corrected chi connectivity index (χ3v) is 1.40. The van der Waals surface area contributed by atoms with E-state index in [9.17, 15) is 0 Å². The second-order valence-corrected chi connectivity index (χ2v) is 3.31. The van der Waals surface area contributed by atoms with Gasteiger partial charge in [0.25, 0.3) is 0 Å². The van der Waals surface area contributed by atoms with Gasteiger partial charge in [0.05, 0.1) is 0 Å². The average Bonchev–Trinajstić information content (AvgIpc) is 2.08. The molecular weight excluding hydrogens is 180 g/mol. The highest BCUT2D eigenvalue weighted by atomic mass is 35.5. The van der Waals surface area contributed by atoms with E-state index in [2.05, 4.69) is 20.8 Å². The summed E-state index contributed by atoms with van der Waals surface area (Å²) >= 11 is 5.58. The van der Waals surface area contributed by atoms with Crippen LogP contribution in [0.25, 0.3) is 0 Å². The fourth-order valence-corrected chi connectivity index (χ4v) is 0.616. The summed E-state index contributed by atoms with van der Waals surface area (Å²) in [4.78, 5) is 0. The van der Waals surface area contributed by atoms with E-state index in [-0.39, 0.29) is 7.43 Å². The van der Waals surface area contributed by atoms with E-state index >= 15 is 0 Å². The Morgan fingerprint density at radius 1 is 0.923 bits per heavy atom. The molecule has 0 spiro atoms. The Balaban J connectivity index is -0.0000000512. The standard InChI is InChI=1S/C5H11Cl.C4H10.C2H6.CH4/c1-3-4-5(2)6;1-3-4-2;1-2;/h5H,3-4H2,1-2H3;3-4H2,1-2H3;1-2H3;1H4. The first kappa shape index (κ1) is 23.3. The van der Waals surface area contributed by atoms with Crippen LogP contribution < -0.4 is 0 Å². The fraction of sp³-hybridized carbons (Fsp3) is 1.00. The molecule has 0 amide bonds. The summed E-state index contributed by atoms with van der Waals surface area (Å²) < 4.78 is 0. The molecule has 0 nitrogen and oxygen atoms in total. The molecule has 0 saturated heterocycles. The normalized spacial score (nSPS) is 9.46. The van der Waals surface area contributed by atoms with Gasteiger partial charge in [0.15, 0.2) is 0 Å². The quantitative estimate of drug-likeness (QED) is 0.510. The van der Waals surface area contributed by atoms with E-state index in [0.29, 0.717) is 5.38 Å². The largest absolute Gasteiger partial charge is 0.123 e. The van der Waals surface area contributed by atoms with E-state index in [1.54, 1.807) is 0 Å². The predicted octanol–water partition coefficient (Wildman–Crippen LogP) is 5.88. The van der Waals surface area contributed by atoms with Gasteiger partial charge in [-0.1, -0.05) is 61.3 Å². The molecule has 0 bridgehead atoms. The van der Waals surface area contributed by atoms with Crippen molar-refractivity contribution in [3.63, 3.8) is 0 Å². The molecule has 1 atom stereocenters. The van der Waals surface area contributed by atoms with Crippen LogP contribution in [0.5, 0.6) is 0 Å². The van der Waals surface area contributed by atoms with Crippen molar-refractivity contribution in [2.24, 2.45) is 0 Å². The highest BCUT2D eigenvalue weighted by molar-refractivity contribution is 6.20. The van der Waals surface area contributed by atoms with Gasteiger partial charge < -0.3 is 0 Å². The second kappa shape index (κ2) is 29.5. The number of alkyl halides is 1. The molecule has 0 rings (SSSR count). The molecule has 86 valence electrons. The Morgan fingerprint density at radius 3 is 1.23 bits per heavy atom. The summed E-state index contributed by atoms with van der Waals surface area (Å²) in [6, 6.07) is 0. The third-order valence-electron chi connectivity index (χ3n) is 1.19. The van der Waals surface area contributed by atoms with Gasteiger partial charge in [-0.25, -0.2) is 0 Å². The maximum absolute atomic E-state index is 5.58. The summed E-state index contributed by atoms with van der Waals surface area (Å²) in [5.74, 6) is 0. The summed E-state index contributed by atoms with van der Waals surface area (Å²) in [7, 11) is 0. The topological polar surface area (TPSA) is 0 Å². The van der Waals surface area contributed by atoms with Crippen molar-refractivity contribution in [2.45, 2.75) is 80.0 Å². The minimum Gasteiger partial charge on any atom is -0.123 e. The second-order valence-electron chi connectivity index (χ2n) is 2.57. The van der Waals surface area contributed by atoms with Crippen LogP contribution in [-0.4, -0.2) is 5.38 Å². The lowest BCUT2D eigenvalue weighted by molar-refractivity contribution is 0.779. The van der Waals surface area contributed by atoms with E-state index < -0.39 is 0 Å². The van der Waals surface area contributed by atoms with Gasteiger partial charge in [0.1, 0.15) is 0 Å². The van der Waals surface area contributed by atoms with Gasteiger partial charge in [-0.2, -0.15) is 0 Å². The lowest BCUT2D eigenvalue weighted by atomic mass is 10.3. The first-order valence-electron chi connectivity index (χ1n) is 5.33. The summed E-state index contributed by atoms with van der Waals surface area (Å²) in [6.07, 6.45) is 4.98. The minimum absolute atomic E-state index is 0. The van der Waals surface area contributed by atoms with Crippen molar-refractivity contribution in [1.82, 2.24) is 0 Å². The average molecular weight is 211 g/mol. The fourth-order valence-electron chi connectivity index (χ4n) is 0.398. The van der Waals surface area contributed by atoms with Crippen molar-refractivity contribution in [1.29, 1.82) is 0 Å². The molecule has 0 radical (unpaired) electrons. The molecule has 0 aliphatic heterocycles. The summed E-state index contributed by atoms with van der Waals surface area (Å²) in [5.41, 5.74) is 0. The maximum Gasteiger partial charge on any atom is 0.0307 e. The molecule has 0 aliphatic carbocycles. The Bertz CT molecular complexity index is 40.4. The molecule has 0 heterocycles. The van der Waals surface area contributed by atoms with Gasteiger partial charge in [0, 0.05) is 5.38 Å². The van der Waals surface area contributed by atoms with E-state index in [4.69, 9.17) is 11.6 Å². The lowest BCUT2D eigenvalue weighted by Gasteiger charge is -1.93. The summed E-state index contributed by atoms with van der Waals surface area (Å²) in [5, 5.41) is 0.370. The third kappa shape index (κ3) is 70.7. The maximum atomic E-state index is 5.58. The first-order valence-corrected chi connectivity index (χ1v) is 5.76. The predicted molar refractivity (Wildman–Crippen MR) is 68.9 cm³/mol. The zero-order valence-corrected chi connectivity index (χ0v) is 10.5. The minimum atomic E-state index is 0. The molecule has 0 aromatic rings. The summed E-state index contributed by atoms with van der Waals surface area (Å²) in [6.45, 7) is 12.5. The highest BCUT2D eigenvalue weighted by Crippen LogP contribution is 2.01. The molecule has 0 fully saturated rings. The molecule has 0 aromatic heterocycles. The Morgan fingerprint density at radius 2 is 1.23 bits per heavy atom. The molecule has 1 unspecified atom stereocenters. The van der Waals surface area contributed by atoms with Gasteiger partial charge >= 0.3 is 0 Å². The van der Waals surface area contributed by atoms with Crippen molar-refractivity contribution in [3.8, 4) is 0 Å². The van der Waals surface area contributed by atoms with Gasteiger partial charge in [-0.3, -0.25) is 0 Å². The molecule has 0 N–H and O–H groups in total. The van der Waals surface area contributed by atoms with Gasteiger partial charge in [-0.15, -0.1) is 11.6 Å². The van der Waals surface area contributed by atoms with Crippen LogP contribution in [0.4, 0.5) is 0 Å². The Hall–Kier alpha value is 0.290. The zero-order chi connectivity index (χ0) is 10.4. The highest BCUT2D eigenvalue weighted by Gasteiger charge is 1.88. The molecule has 0 aliphatic rings. The monoisotopic (exact) mass is 210 g/mol. The smallest absolute Gasteiger partial charge is 0.0307 e. The number of hydrogen-bond donors (Lipinski definition) is 0. The van der Waals surface area contributed by atoms with Gasteiger partial charge in [-0.05, 0) is 13.3 Å². The van der Waals surface area contributed by atoms with Crippen LogP contribution in [-0.2, 0) is 0 Å². The molecule has 0 aromatic carbocycles. The van der Waals surface area contributed by atoms with Crippen LogP contribution in [0.3, 0.4) is 0 Å². The number of unbranched alkanes of at least 4 members (excludes halogenated alkanes) is 1. The van der Waals surface area contributed by atoms with Crippen molar-refractivity contribution < 1.29 is 0 Å². The van der Waals surface area contributed by atoms with Crippen LogP contribution in [0, 0.1) is 0 Å². The van der Waals surface area contributed by atoms with E-state index in [0.717, 1.165) is 6.42 Å². The molecule has 0 saturated carbocycles. The number of rotatable bonds is 3.